The first kappa shape index (κ1) is 15.5. The van der Waals surface area contributed by atoms with Gasteiger partial charge in [0.05, 0.1) is 11.8 Å². The summed E-state index contributed by atoms with van der Waals surface area (Å²) in [4.78, 5) is 28.5. The number of nitrogens with two attached hydrogens (primary N) is 1. The smallest absolute Gasteiger partial charge is 0.333 e. The van der Waals surface area contributed by atoms with Crippen LogP contribution in [-0.2, 0) is 14.1 Å². The molecule has 1 saturated carbocycles. The van der Waals surface area contributed by atoms with Crippen molar-refractivity contribution in [1.82, 2.24) is 9.13 Å². The fourth-order valence-electron chi connectivity index (χ4n) is 2.76. The first-order valence-electron chi connectivity index (χ1n) is 7.14. The summed E-state index contributed by atoms with van der Waals surface area (Å²) in [6.07, 6.45) is 3.95. The van der Waals surface area contributed by atoms with Gasteiger partial charge in [-0.2, -0.15) is 0 Å². The lowest BCUT2D eigenvalue weighted by atomic mass is 9.91. The summed E-state index contributed by atoms with van der Waals surface area (Å²) in [7, 11) is 2.80. The second-order valence-electron chi connectivity index (χ2n) is 5.63. The topological polar surface area (TPSA) is 103 Å². The van der Waals surface area contributed by atoms with Crippen molar-refractivity contribution >= 4 is 5.71 Å². The predicted octanol–water partition coefficient (Wildman–Crippen LogP) is -0.131. The molecule has 1 heterocycles. The Morgan fingerprint density at radius 3 is 2.48 bits per heavy atom. The Labute approximate surface area is 122 Å². The maximum atomic E-state index is 12.2. The lowest BCUT2D eigenvalue weighted by molar-refractivity contribution is 0.385. The molecule has 0 bridgehead atoms. The highest BCUT2D eigenvalue weighted by Crippen LogP contribution is 2.21. The third-order valence-corrected chi connectivity index (χ3v) is 4.14. The molecule has 1 aliphatic rings. The molecule has 0 saturated heterocycles. The van der Waals surface area contributed by atoms with E-state index in [0.717, 1.165) is 34.8 Å². The number of hydrogen-bond donors (Lipinski definition) is 2. The van der Waals surface area contributed by atoms with E-state index in [0.29, 0.717) is 5.71 Å². The first-order valence-corrected chi connectivity index (χ1v) is 7.14. The Morgan fingerprint density at radius 2 is 1.86 bits per heavy atom. The molecule has 2 atom stereocenters. The summed E-state index contributed by atoms with van der Waals surface area (Å²) in [5.41, 5.74) is 5.44. The van der Waals surface area contributed by atoms with Crippen LogP contribution in [0, 0.1) is 0 Å². The van der Waals surface area contributed by atoms with Gasteiger partial charge < -0.3 is 10.8 Å². The Hall–Kier alpha value is -1.89. The molecule has 0 aliphatic heterocycles. The SMILES string of the molecule is CC(=N[C@H]1CCCC[C@@H]1N)c1c(O)n(C)c(=O)n(C)c1=O. The summed E-state index contributed by atoms with van der Waals surface area (Å²) in [5.74, 6) is -0.353. The molecular formula is C14H22N4O3. The summed E-state index contributed by atoms with van der Waals surface area (Å²) in [6, 6.07) is -0.0627. The van der Waals surface area contributed by atoms with E-state index in [1.165, 1.54) is 14.1 Å². The van der Waals surface area contributed by atoms with Gasteiger partial charge in [-0.15, -0.1) is 0 Å². The van der Waals surface area contributed by atoms with Gasteiger partial charge in [-0.25, -0.2) is 4.79 Å². The highest BCUT2D eigenvalue weighted by Gasteiger charge is 2.23. The molecule has 1 fully saturated rings. The molecule has 116 valence electrons. The molecule has 0 radical (unpaired) electrons. The fraction of sp³-hybridized carbons (Fsp3) is 0.643. The van der Waals surface area contributed by atoms with Crippen LogP contribution in [0.5, 0.6) is 5.88 Å². The van der Waals surface area contributed by atoms with Crippen LogP contribution >= 0.6 is 0 Å². The van der Waals surface area contributed by atoms with Crippen LogP contribution in [0.15, 0.2) is 14.6 Å². The van der Waals surface area contributed by atoms with Gasteiger partial charge in [-0.1, -0.05) is 12.8 Å². The van der Waals surface area contributed by atoms with Gasteiger partial charge in [-0.05, 0) is 19.8 Å². The van der Waals surface area contributed by atoms with Crippen molar-refractivity contribution in [3.8, 4) is 5.88 Å². The van der Waals surface area contributed by atoms with Gasteiger partial charge in [0.25, 0.3) is 5.56 Å². The van der Waals surface area contributed by atoms with Gasteiger partial charge in [-0.3, -0.25) is 18.9 Å². The average Bonchev–Trinajstić information content (AvgIpc) is 2.46. The van der Waals surface area contributed by atoms with Gasteiger partial charge in [0.2, 0.25) is 5.88 Å². The molecule has 3 N–H and O–H groups in total. The summed E-state index contributed by atoms with van der Waals surface area (Å²) >= 11 is 0. The van der Waals surface area contributed by atoms with Crippen molar-refractivity contribution in [2.45, 2.75) is 44.7 Å². The fourth-order valence-corrected chi connectivity index (χ4v) is 2.76. The van der Waals surface area contributed by atoms with Crippen molar-refractivity contribution in [2.75, 3.05) is 0 Å². The Kier molecular flexibility index (Phi) is 4.32. The van der Waals surface area contributed by atoms with Crippen LogP contribution in [0.2, 0.25) is 0 Å². The van der Waals surface area contributed by atoms with E-state index >= 15 is 0 Å². The van der Waals surface area contributed by atoms with Gasteiger partial charge in [0.15, 0.2) is 0 Å². The number of aromatic nitrogens is 2. The maximum absolute atomic E-state index is 12.2. The molecule has 1 aromatic rings. The Balaban J connectivity index is 2.51. The minimum Gasteiger partial charge on any atom is -0.494 e. The third kappa shape index (κ3) is 2.78. The number of aromatic hydroxyl groups is 1. The largest absolute Gasteiger partial charge is 0.494 e. The van der Waals surface area contributed by atoms with E-state index in [9.17, 15) is 14.7 Å². The molecule has 0 aromatic carbocycles. The third-order valence-electron chi connectivity index (χ3n) is 4.14. The second kappa shape index (κ2) is 5.85. The van der Waals surface area contributed by atoms with E-state index in [-0.39, 0.29) is 23.5 Å². The number of hydrogen-bond acceptors (Lipinski definition) is 5. The van der Waals surface area contributed by atoms with Crippen molar-refractivity contribution in [1.29, 1.82) is 0 Å². The van der Waals surface area contributed by atoms with Gasteiger partial charge in [0.1, 0.15) is 5.56 Å². The standard InChI is InChI=1S/C14H22N4O3/c1-8(16-10-7-5-4-6-9(10)15)11-12(19)17(2)14(21)18(3)13(11)20/h9-10,19H,4-7,15H2,1-3H3/t9-,10-/m0/s1. The van der Waals surface area contributed by atoms with Crippen molar-refractivity contribution in [3.05, 3.63) is 26.4 Å². The zero-order valence-electron chi connectivity index (χ0n) is 12.7. The maximum Gasteiger partial charge on any atom is 0.333 e. The molecule has 7 heteroatoms. The molecule has 1 aromatic heterocycles. The summed E-state index contributed by atoms with van der Waals surface area (Å²) < 4.78 is 2.01. The van der Waals surface area contributed by atoms with E-state index in [2.05, 4.69) is 4.99 Å². The monoisotopic (exact) mass is 294 g/mol. The normalized spacial score (nSPS) is 23.3. The molecule has 1 aliphatic carbocycles. The first-order chi connectivity index (χ1) is 9.84. The molecular weight excluding hydrogens is 272 g/mol. The molecule has 2 rings (SSSR count). The van der Waals surface area contributed by atoms with Crippen molar-refractivity contribution in [2.24, 2.45) is 24.8 Å². The van der Waals surface area contributed by atoms with E-state index in [1.807, 2.05) is 0 Å². The van der Waals surface area contributed by atoms with Crippen LogP contribution in [0.1, 0.15) is 38.2 Å². The number of nitrogens with zero attached hydrogens (tertiary/aromatic N) is 3. The zero-order chi connectivity index (χ0) is 15.7. The lowest BCUT2D eigenvalue weighted by Crippen LogP contribution is -2.40. The van der Waals surface area contributed by atoms with E-state index in [4.69, 9.17) is 5.73 Å². The van der Waals surface area contributed by atoms with Crippen LogP contribution in [0.25, 0.3) is 0 Å². The molecule has 0 amide bonds. The minimum atomic E-state index is -0.566. The van der Waals surface area contributed by atoms with Crippen LogP contribution in [0.3, 0.4) is 0 Å². The Bertz CT molecular complexity index is 687. The van der Waals surface area contributed by atoms with Crippen molar-refractivity contribution < 1.29 is 5.11 Å². The highest BCUT2D eigenvalue weighted by atomic mass is 16.3. The van der Waals surface area contributed by atoms with Gasteiger partial charge in [0, 0.05) is 20.1 Å². The number of rotatable bonds is 2. The van der Waals surface area contributed by atoms with Crippen LogP contribution in [-0.4, -0.2) is 32.0 Å². The molecule has 0 spiro atoms. The minimum absolute atomic E-state index is 0.0211. The highest BCUT2D eigenvalue weighted by molar-refractivity contribution is 6.00. The van der Waals surface area contributed by atoms with E-state index in [1.54, 1.807) is 6.92 Å². The second-order valence-corrected chi connectivity index (χ2v) is 5.63. The number of aliphatic imine (C=N–C) groups is 1. The quantitative estimate of drug-likeness (QED) is 0.741. The Morgan fingerprint density at radius 1 is 1.24 bits per heavy atom. The molecule has 21 heavy (non-hydrogen) atoms. The average molecular weight is 294 g/mol. The summed E-state index contributed by atoms with van der Waals surface area (Å²) in [5, 5.41) is 10.1. The zero-order valence-corrected chi connectivity index (χ0v) is 12.7. The van der Waals surface area contributed by atoms with Crippen LogP contribution in [0.4, 0.5) is 0 Å². The van der Waals surface area contributed by atoms with E-state index < -0.39 is 11.2 Å². The molecule has 0 unspecified atom stereocenters. The predicted molar refractivity (Wildman–Crippen MR) is 81.0 cm³/mol. The van der Waals surface area contributed by atoms with Crippen molar-refractivity contribution in [3.63, 3.8) is 0 Å². The lowest BCUT2D eigenvalue weighted by Gasteiger charge is -2.26. The van der Waals surface area contributed by atoms with Crippen LogP contribution < -0.4 is 17.0 Å². The molecule has 7 nitrogen and oxygen atoms in total. The van der Waals surface area contributed by atoms with Gasteiger partial charge >= 0.3 is 5.69 Å². The summed E-state index contributed by atoms with van der Waals surface area (Å²) in [6.45, 7) is 1.67.